The third-order valence-corrected chi connectivity index (χ3v) is 5.28. The molecule has 1 N–H and O–H groups in total. The Kier molecular flexibility index (Phi) is 5.92. The Labute approximate surface area is 169 Å². The number of ether oxygens (including phenoxy) is 1. The lowest BCUT2D eigenvalue weighted by Gasteiger charge is -2.12. The molecule has 3 rings (SSSR count). The summed E-state index contributed by atoms with van der Waals surface area (Å²) in [4.78, 5) is -0.720. The average Bonchev–Trinajstić information content (AvgIpc) is 2.68. The Bertz CT molecular complexity index is 1150. The number of alkyl halides is 3. The van der Waals surface area contributed by atoms with E-state index < -0.39 is 32.5 Å². The van der Waals surface area contributed by atoms with E-state index >= 15 is 0 Å². The van der Waals surface area contributed by atoms with Crippen LogP contribution in [0.25, 0.3) is 11.3 Å². The normalized spacial score (nSPS) is 11.9. The van der Waals surface area contributed by atoms with Gasteiger partial charge < -0.3 is 4.74 Å². The summed E-state index contributed by atoms with van der Waals surface area (Å²) in [6.45, 7) is 2.22. The number of rotatable bonds is 6. The van der Waals surface area contributed by atoms with Gasteiger partial charge in [0.15, 0.2) is 0 Å². The minimum absolute atomic E-state index is 0.0843. The fourth-order valence-corrected chi connectivity index (χ4v) is 3.62. The van der Waals surface area contributed by atoms with E-state index in [0.717, 1.165) is 6.07 Å². The molecular formula is C19H15F4N3O3S. The molecule has 0 aliphatic carbocycles. The van der Waals surface area contributed by atoms with E-state index in [-0.39, 0.29) is 11.8 Å². The van der Waals surface area contributed by atoms with E-state index in [1.165, 1.54) is 18.2 Å². The van der Waals surface area contributed by atoms with Crippen LogP contribution >= 0.6 is 0 Å². The highest BCUT2D eigenvalue weighted by Crippen LogP contribution is 2.33. The second-order valence-corrected chi connectivity index (χ2v) is 7.70. The van der Waals surface area contributed by atoms with E-state index in [2.05, 4.69) is 14.9 Å². The highest BCUT2D eigenvalue weighted by molar-refractivity contribution is 7.92. The number of aromatic nitrogens is 2. The van der Waals surface area contributed by atoms with Gasteiger partial charge in [-0.3, -0.25) is 4.72 Å². The Morgan fingerprint density at radius 1 is 1.03 bits per heavy atom. The zero-order valence-corrected chi connectivity index (χ0v) is 16.3. The molecule has 0 amide bonds. The number of sulfonamides is 1. The molecule has 0 aliphatic rings. The lowest BCUT2D eigenvalue weighted by Crippen LogP contribution is -2.15. The van der Waals surface area contributed by atoms with Gasteiger partial charge in [0.2, 0.25) is 5.88 Å². The molecular weight excluding hydrogens is 426 g/mol. The standard InChI is InChI=1S/C19H15F4N3O3S/c1-2-29-18-9-8-17(24-25-18)12-4-3-5-13(10-12)26-30(27,28)14-6-7-16(20)15(11-14)19(21,22)23/h3-11,26H,2H2,1H3. The van der Waals surface area contributed by atoms with Crippen LogP contribution < -0.4 is 9.46 Å². The molecule has 0 spiro atoms. The van der Waals surface area contributed by atoms with Crippen LogP contribution in [0.5, 0.6) is 5.88 Å². The molecule has 158 valence electrons. The first kappa shape index (κ1) is 21.5. The minimum Gasteiger partial charge on any atom is -0.477 e. The number of benzene rings is 2. The quantitative estimate of drug-likeness (QED) is 0.570. The van der Waals surface area contributed by atoms with Crippen molar-refractivity contribution >= 4 is 15.7 Å². The van der Waals surface area contributed by atoms with E-state index in [0.29, 0.717) is 29.8 Å². The van der Waals surface area contributed by atoms with Crippen molar-refractivity contribution in [2.45, 2.75) is 18.0 Å². The second kappa shape index (κ2) is 8.27. The predicted octanol–water partition coefficient (Wildman–Crippen LogP) is 4.50. The van der Waals surface area contributed by atoms with Crippen molar-refractivity contribution in [3.63, 3.8) is 0 Å². The van der Waals surface area contributed by atoms with Gasteiger partial charge in [0.1, 0.15) is 5.82 Å². The Hall–Kier alpha value is -3.21. The first-order valence-electron chi connectivity index (χ1n) is 8.56. The Balaban J connectivity index is 1.88. The van der Waals surface area contributed by atoms with Crippen LogP contribution in [0.4, 0.5) is 23.2 Å². The second-order valence-electron chi connectivity index (χ2n) is 6.02. The molecule has 0 saturated heterocycles. The third-order valence-electron chi connectivity index (χ3n) is 3.90. The average molecular weight is 441 g/mol. The molecule has 2 aromatic carbocycles. The molecule has 0 radical (unpaired) electrons. The van der Waals surface area contributed by atoms with Gasteiger partial charge in [-0.25, -0.2) is 12.8 Å². The van der Waals surface area contributed by atoms with Gasteiger partial charge >= 0.3 is 6.18 Å². The highest BCUT2D eigenvalue weighted by atomic mass is 32.2. The lowest BCUT2D eigenvalue weighted by atomic mass is 10.1. The van der Waals surface area contributed by atoms with Crippen LogP contribution in [0.2, 0.25) is 0 Å². The first-order chi connectivity index (χ1) is 14.1. The van der Waals surface area contributed by atoms with Crippen molar-refractivity contribution in [1.82, 2.24) is 10.2 Å². The maximum absolute atomic E-state index is 13.4. The van der Waals surface area contributed by atoms with Gasteiger partial charge in [0, 0.05) is 17.3 Å². The van der Waals surface area contributed by atoms with Crippen molar-refractivity contribution in [1.29, 1.82) is 0 Å². The number of hydrogen-bond acceptors (Lipinski definition) is 5. The molecule has 0 fully saturated rings. The van der Waals surface area contributed by atoms with Crippen LogP contribution in [0.1, 0.15) is 12.5 Å². The lowest BCUT2D eigenvalue weighted by molar-refractivity contribution is -0.140. The monoisotopic (exact) mass is 441 g/mol. The number of nitrogens with one attached hydrogen (secondary N) is 1. The molecule has 0 bridgehead atoms. The van der Waals surface area contributed by atoms with Crippen LogP contribution in [0.15, 0.2) is 59.5 Å². The molecule has 6 nitrogen and oxygen atoms in total. The maximum atomic E-state index is 13.4. The zero-order chi connectivity index (χ0) is 21.9. The van der Waals surface area contributed by atoms with E-state index in [1.54, 1.807) is 25.1 Å². The molecule has 0 atom stereocenters. The van der Waals surface area contributed by atoms with Crippen LogP contribution in [0, 0.1) is 5.82 Å². The summed E-state index contributed by atoms with van der Waals surface area (Å²) in [6.07, 6.45) is -5.03. The molecule has 0 aliphatic heterocycles. The first-order valence-corrected chi connectivity index (χ1v) is 10.0. The van der Waals surface area contributed by atoms with Crippen LogP contribution in [-0.4, -0.2) is 25.2 Å². The molecule has 3 aromatic rings. The third kappa shape index (κ3) is 4.85. The largest absolute Gasteiger partial charge is 0.477 e. The number of hydrogen-bond donors (Lipinski definition) is 1. The van der Waals surface area contributed by atoms with Crippen molar-refractivity contribution in [3.8, 4) is 17.1 Å². The Morgan fingerprint density at radius 3 is 2.43 bits per heavy atom. The van der Waals surface area contributed by atoms with Crippen molar-refractivity contribution in [2.24, 2.45) is 0 Å². The van der Waals surface area contributed by atoms with Gasteiger partial charge in [-0.1, -0.05) is 12.1 Å². The summed E-state index contributed by atoms with van der Waals surface area (Å²) in [7, 11) is -4.40. The van der Waals surface area contributed by atoms with Crippen molar-refractivity contribution < 1.29 is 30.7 Å². The number of anilines is 1. The molecule has 1 heterocycles. The van der Waals surface area contributed by atoms with Gasteiger partial charge in [-0.05, 0) is 43.3 Å². The molecule has 0 saturated carbocycles. The zero-order valence-electron chi connectivity index (χ0n) is 15.4. The Morgan fingerprint density at radius 2 is 1.80 bits per heavy atom. The van der Waals surface area contributed by atoms with E-state index in [4.69, 9.17) is 4.74 Å². The summed E-state index contributed by atoms with van der Waals surface area (Å²) >= 11 is 0. The molecule has 30 heavy (non-hydrogen) atoms. The van der Waals surface area contributed by atoms with Crippen molar-refractivity contribution in [2.75, 3.05) is 11.3 Å². The topological polar surface area (TPSA) is 81.2 Å². The fourth-order valence-electron chi connectivity index (χ4n) is 2.54. The molecule has 11 heteroatoms. The SMILES string of the molecule is CCOc1ccc(-c2cccc(NS(=O)(=O)c3ccc(F)c(C(F)(F)F)c3)c2)nn1. The summed E-state index contributed by atoms with van der Waals surface area (Å²) in [5.41, 5.74) is -0.633. The van der Waals surface area contributed by atoms with Gasteiger partial charge in [-0.15, -0.1) is 10.2 Å². The van der Waals surface area contributed by atoms with Gasteiger partial charge in [0.05, 0.1) is 22.8 Å². The van der Waals surface area contributed by atoms with Crippen LogP contribution in [0.3, 0.4) is 0 Å². The summed E-state index contributed by atoms with van der Waals surface area (Å²) in [6, 6.07) is 10.7. The fraction of sp³-hybridized carbons (Fsp3) is 0.158. The molecule has 1 aromatic heterocycles. The smallest absolute Gasteiger partial charge is 0.419 e. The summed E-state index contributed by atoms with van der Waals surface area (Å²) < 4.78 is 84.5. The molecule has 0 unspecified atom stereocenters. The van der Waals surface area contributed by atoms with Crippen molar-refractivity contribution in [3.05, 3.63) is 66.0 Å². The number of halogens is 4. The summed E-state index contributed by atoms with van der Waals surface area (Å²) in [5, 5.41) is 7.88. The van der Waals surface area contributed by atoms with Crippen LogP contribution in [-0.2, 0) is 16.2 Å². The van der Waals surface area contributed by atoms with Gasteiger partial charge in [-0.2, -0.15) is 13.2 Å². The minimum atomic E-state index is -5.03. The van der Waals surface area contributed by atoms with E-state index in [1.807, 2.05) is 0 Å². The highest BCUT2D eigenvalue weighted by Gasteiger charge is 2.35. The van der Waals surface area contributed by atoms with Gasteiger partial charge in [0.25, 0.3) is 10.0 Å². The predicted molar refractivity (Wildman–Crippen MR) is 101 cm³/mol. The van der Waals surface area contributed by atoms with E-state index in [9.17, 15) is 26.0 Å². The number of nitrogens with zero attached hydrogens (tertiary/aromatic N) is 2. The maximum Gasteiger partial charge on any atom is 0.419 e. The summed E-state index contributed by atoms with van der Waals surface area (Å²) in [5.74, 6) is -1.23.